The van der Waals surface area contributed by atoms with Crippen molar-refractivity contribution in [2.75, 3.05) is 10.6 Å². The second-order valence-electron chi connectivity index (χ2n) is 7.60. The van der Waals surface area contributed by atoms with Crippen LogP contribution >= 0.6 is 15.9 Å². The maximum absolute atomic E-state index is 13.4. The molecular weight excluding hydrogens is 487 g/mol. The Labute approximate surface area is 190 Å². The van der Waals surface area contributed by atoms with Crippen molar-refractivity contribution in [2.45, 2.75) is 33.0 Å². The minimum atomic E-state index is -4.72. The normalized spacial score (nSPS) is 15.9. The number of aromatic nitrogens is 3. The van der Waals surface area contributed by atoms with Gasteiger partial charge in [-0.25, -0.2) is 4.68 Å². The van der Waals surface area contributed by atoms with E-state index in [2.05, 4.69) is 36.6 Å². The topological polar surface area (TPSA) is 71.8 Å². The second kappa shape index (κ2) is 8.09. The summed E-state index contributed by atoms with van der Waals surface area (Å²) in [5, 5.41) is 9.39. The van der Waals surface area contributed by atoms with Gasteiger partial charge in [0.05, 0.1) is 5.57 Å². The number of nitrogens with zero attached hydrogens (tertiary/aromatic N) is 3. The minimum absolute atomic E-state index is 0.0807. The Morgan fingerprint density at radius 1 is 1.16 bits per heavy atom. The van der Waals surface area contributed by atoms with Gasteiger partial charge in [-0.1, -0.05) is 45.8 Å². The van der Waals surface area contributed by atoms with E-state index in [1.807, 2.05) is 26.0 Å². The smallest absolute Gasteiger partial charge is 0.328 e. The molecule has 0 spiro atoms. The number of hydrogen-bond acceptors (Lipinski definition) is 4. The summed E-state index contributed by atoms with van der Waals surface area (Å²) in [4.78, 5) is 17.0. The zero-order chi connectivity index (χ0) is 23.2. The highest BCUT2D eigenvalue weighted by molar-refractivity contribution is 9.10. The molecule has 1 aliphatic rings. The molecule has 0 unspecified atom stereocenters. The fraction of sp³-hybridized carbons (Fsp3) is 0.227. The fourth-order valence-corrected chi connectivity index (χ4v) is 4.11. The Kier molecular flexibility index (Phi) is 5.58. The number of rotatable bonds is 3. The Bertz CT molecular complexity index is 1250. The number of benzene rings is 2. The highest BCUT2D eigenvalue weighted by Crippen LogP contribution is 2.38. The fourth-order valence-electron chi connectivity index (χ4n) is 3.69. The van der Waals surface area contributed by atoms with E-state index in [-0.39, 0.29) is 11.5 Å². The molecule has 3 aromatic rings. The number of fused-ring (bicyclic) bond motifs is 1. The summed E-state index contributed by atoms with van der Waals surface area (Å²) in [5.41, 5.74) is 3.77. The van der Waals surface area contributed by atoms with Crippen LogP contribution in [0.4, 0.5) is 24.8 Å². The molecule has 2 aromatic carbocycles. The Hall–Kier alpha value is -3.14. The quantitative estimate of drug-likeness (QED) is 0.485. The molecule has 0 saturated heterocycles. The monoisotopic (exact) mass is 505 g/mol. The van der Waals surface area contributed by atoms with Crippen LogP contribution in [0.2, 0.25) is 0 Å². The van der Waals surface area contributed by atoms with Crippen molar-refractivity contribution in [1.82, 2.24) is 14.8 Å². The third-order valence-electron chi connectivity index (χ3n) is 5.15. The summed E-state index contributed by atoms with van der Waals surface area (Å²) in [6.45, 7) is 5.46. The minimum Gasteiger partial charge on any atom is -0.328 e. The maximum atomic E-state index is 13.4. The van der Waals surface area contributed by atoms with Crippen molar-refractivity contribution < 1.29 is 18.0 Å². The van der Waals surface area contributed by atoms with Crippen molar-refractivity contribution in [1.29, 1.82) is 0 Å². The summed E-state index contributed by atoms with van der Waals surface area (Å²) in [6.07, 6.45) is -4.72. The average Bonchev–Trinajstić information content (AvgIpc) is 3.13. The van der Waals surface area contributed by atoms with Gasteiger partial charge in [-0.05, 0) is 50.1 Å². The molecule has 166 valence electrons. The highest BCUT2D eigenvalue weighted by Gasteiger charge is 2.41. The molecule has 1 aliphatic heterocycles. The van der Waals surface area contributed by atoms with Crippen molar-refractivity contribution >= 4 is 33.5 Å². The van der Waals surface area contributed by atoms with Crippen molar-refractivity contribution in [2.24, 2.45) is 0 Å². The van der Waals surface area contributed by atoms with Crippen LogP contribution in [0.15, 0.2) is 58.2 Å². The largest absolute Gasteiger partial charge is 0.453 e. The summed E-state index contributed by atoms with van der Waals surface area (Å²) in [5.74, 6) is -1.80. The molecule has 32 heavy (non-hydrogen) atoms. The second-order valence-corrected chi connectivity index (χ2v) is 8.51. The number of alkyl halides is 3. The first kappa shape index (κ1) is 22.1. The van der Waals surface area contributed by atoms with Crippen LogP contribution in [0, 0.1) is 13.8 Å². The van der Waals surface area contributed by atoms with Gasteiger partial charge in [-0.2, -0.15) is 18.2 Å². The van der Waals surface area contributed by atoms with Crippen LogP contribution in [0.25, 0.3) is 0 Å². The molecule has 1 atom stereocenters. The number of halogens is 4. The first-order valence-electron chi connectivity index (χ1n) is 9.70. The van der Waals surface area contributed by atoms with Gasteiger partial charge in [0.15, 0.2) is 0 Å². The van der Waals surface area contributed by atoms with E-state index < -0.39 is 23.9 Å². The molecule has 0 aliphatic carbocycles. The number of aryl methyl sites for hydroxylation is 2. The Balaban J connectivity index is 1.82. The van der Waals surface area contributed by atoms with Gasteiger partial charge < -0.3 is 10.6 Å². The number of anilines is 2. The van der Waals surface area contributed by atoms with E-state index in [0.29, 0.717) is 16.9 Å². The van der Waals surface area contributed by atoms with Gasteiger partial charge >= 0.3 is 6.18 Å². The number of allylic oxidation sites excluding steroid dienone is 1. The molecule has 0 radical (unpaired) electrons. The SMILES string of the molecule is CC1=C(C(=O)Nc2ccc(C)cc2C)[C@H](c2cccc(Br)c2)n2nc(C(F)(F)F)nc2N1. The van der Waals surface area contributed by atoms with E-state index in [1.165, 1.54) is 0 Å². The summed E-state index contributed by atoms with van der Waals surface area (Å²) < 4.78 is 41.8. The van der Waals surface area contributed by atoms with Gasteiger partial charge in [0, 0.05) is 15.9 Å². The van der Waals surface area contributed by atoms with Crippen LogP contribution in [0.5, 0.6) is 0 Å². The van der Waals surface area contributed by atoms with E-state index >= 15 is 0 Å². The number of carbonyl (C=O) groups excluding carboxylic acids is 1. The predicted octanol–water partition coefficient (Wildman–Crippen LogP) is 5.60. The number of amides is 1. The Morgan fingerprint density at radius 3 is 2.56 bits per heavy atom. The molecular formula is C22H19BrF3N5O. The van der Waals surface area contributed by atoms with Gasteiger partial charge in [-0.3, -0.25) is 4.79 Å². The molecule has 6 nitrogen and oxygen atoms in total. The third-order valence-corrected chi connectivity index (χ3v) is 5.64. The molecule has 1 aromatic heterocycles. The van der Waals surface area contributed by atoms with Crippen molar-refractivity contribution in [3.8, 4) is 0 Å². The molecule has 10 heteroatoms. The van der Waals surface area contributed by atoms with E-state index in [1.54, 1.807) is 37.3 Å². The molecule has 0 saturated carbocycles. The number of hydrogen-bond donors (Lipinski definition) is 2. The summed E-state index contributed by atoms with van der Waals surface area (Å²) in [7, 11) is 0. The van der Waals surface area contributed by atoms with Crippen molar-refractivity contribution in [3.63, 3.8) is 0 Å². The molecule has 0 fully saturated rings. The van der Waals surface area contributed by atoms with Gasteiger partial charge in [0.25, 0.3) is 11.7 Å². The molecule has 1 amide bonds. The Morgan fingerprint density at radius 2 is 1.91 bits per heavy atom. The van der Waals surface area contributed by atoms with Crippen LogP contribution in [0.3, 0.4) is 0 Å². The number of nitrogens with one attached hydrogen (secondary N) is 2. The summed E-state index contributed by atoms with van der Waals surface area (Å²) in [6, 6.07) is 11.7. The standard InChI is InChI=1S/C22H19BrF3N5O/c1-11-7-8-16(12(2)9-11)28-19(32)17-13(3)27-21-29-20(22(24,25)26)30-31(21)18(17)14-5-4-6-15(23)10-14/h4-10,18H,1-3H3,(H,28,32)(H,27,29,30)/t18-/m0/s1. The van der Waals surface area contributed by atoms with E-state index in [9.17, 15) is 18.0 Å². The lowest BCUT2D eigenvalue weighted by atomic mass is 9.95. The molecule has 4 rings (SSSR count). The van der Waals surface area contributed by atoms with Crippen LogP contribution < -0.4 is 10.6 Å². The average molecular weight is 506 g/mol. The van der Waals surface area contributed by atoms with Gasteiger partial charge in [-0.15, -0.1) is 5.10 Å². The number of carbonyl (C=O) groups is 1. The zero-order valence-corrected chi connectivity index (χ0v) is 19.0. The molecule has 2 N–H and O–H groups in total. The van der Waals surface area contributed by atoms with Gasteiger partial charge in [0.1, 0.15) is 6.04 Å². The summed E-state index contributed by atoms with van der Waals surface area (Å²) >= 11 is 3.39. The molecule has 2 heterocycles. The highest BCUT2D eigenvalue weighted by atomic mass is 79.9. The zero-order valence-electron chi connectivity index (χ0n) is 17.4. The lowest BCUT2D eigenvalue weighted by Crippen LogP contribution is -2.31. The van der Waals surface area contributed by atoms with E-state index in [0.717, 1.165) is 20.3 Å². The molecule has 0 bridgehead atoms. The van der Waals surface area contributed by atoms with E-state index in [4.69, 9.17) is 0 Å². The third kappa shape index (κ3) is 4.14. The maximum Gasteiger partial charge on any atom is 0.453 e. The lowest BCUT2D eigenvalue weighted by molar-refractivity contribution is -0.145. The first-order valence-corrected chi connectivity index (χ1v) is 10.5. The van der Waals surface area contributed by atoms with Crippen LogP contribution in [-0.4, -0.2) is 20.7 Å². The first-order chi connectivity index (χ1) is 15.0. The van der Waals surface area contributed by atoms with Crippen LogP contribution in [0.1, 0.15) is 35.5 Å². The lowest BCUT2D eigenvalue weighted by Gasteiger charge is -2.29. The van der Waals surface area contributed by atoms with Crippen LogP contribution in [-0.2, 0) is 11.0 Å². The predicted molar refractivity (Wildman–Crippen MR) is 118 cm³/mol. The van der Waals surface area contributed by atoms with Crippen molar-refractivity contribution in [3.05, 3.63) is 80.7 Å². The van der Waals surface area contributed by atoms with Gasteiger partial charge in [0.2, 0.25) is 5.95 Å².